The second kappa shape index (κ2) is 6.56. The fraction of sp³-hybridized carbons (Fsp3) is 0.176. The maximum absolute atomic E-state index is 12.0. The molecule has 0 aliphatic carbocycles. The van der Waals surface area contributed by atoms with Crippen molar-refractivity contribution < 1.29 is 9.53 Å². The predicted octanol–water partition coefficient (Wildman–Crippen LogP) is 4.58. The Balaban J connectivity index is 1.63. The average molecular weight is 347 g/mol. The Hall–Kier alpha value is -2.11. The van der Waals surface area contributed by atoms with Crippen molar-refractivity contribution >= 4 is 44.2 Å². The molecule has 1 aromatic heterocycles. The Bertz CT molecular complexity index is 820. The first kappa shape index (κ1) is 15.8. The van der Waals surface area contributed by atoms with Crippen LogP contribution in [0.15, 0.2) is 36.4 Å². The van der Waals surface area contributed by atoms with Crippen LogP contribution in [0.4, 0.5) is 5.13 Å². The first-order valence-electron chi connectivity index (χ1n) is 7.08. The lowest BCUT2D eigenvalue weighted by molar-refractivity contribution is -0.118. The van der Waals surface area contributed by atoms with Crippen molar-refractivity contribution in [1.29, 1.82) is 0 Å². The summed E-state index contributed by atoms with van der Waals surface area (Å²) in [6.07, 6.45) is 0. The van der Waals surface area contributed by atoms with E-state index in [1.807, 2.05) is 50.2 Å². The molecule has 0 atom stereocenters. The van der Waals surface area contributed by atoms with Crippen LogP contribution in [0, 0.1) is 13.8 Å². The van der Waals surface area contributed by atoms with Crippen molar-refractivity contribution in [2.75, 3.05) is 11.9 Å². The van der Waals surface area contributed by atoms with E-state index in [2.05, 4.69) is 10.3 Å². The molecule has 0 saturated heterocycles. The van der Waals surface area contributed by atoms with Gasteiger partial charge in [-0.2, -0.15) is 0 Å². The van der Waals surface area contributed by atoms with E-state index in [0.717, 1.165) is 26.4 Å². The highest BCUT2D eigenvalue weighted by molar-refractivity contribution is 7.22. The lowest BCUT2D eigenvalue weighted by atomic mass is 10.1. The third-order valence-corrected chi connectivity index (χ3v) is 4.87. The van der Waals surface area contributed by atoms with Gasteiger partial charge in [-0.1, -0.05) is 35.1 Å². The zero-order chi connectivity index (χ0) is 16.4. The topological polar surface area (TPSA) is 51.2 Å². The van der Waals surface area contributed by atoms with Crippen molar-refractivity contribution in [3.05, 3.63) is 52.5 Å². The molecule has 118 valence electrons. The quantitative estimate of drug-likeness (QED) is 0.752. The maximum Gasteiger partial charge on any atom is 0.264 e. The number of rotatable bonds is 4. The van der Waals surface area contributed by atoms with Crippen LogP contribution in [0.25, 0.3) is 10.2 Å². The molecule has 1 N–H and O–H groups in total. The second-order valence-corrected chi connectivity index (χ2v) is 6.60. The van der Waals surface area contributed by atoms with Gasteiger partial charge in [0.05, 0.1) is 10.2 Å². The molecular formula is C17H15ClN2O2S. The summed E-state index contributed by atoms with van der Waals surface area (Å²) in [5.74, 6) is 0.387. The van der Waals surface area contributed by atoms with E-state index in [-0.39, 0.29) is 12.5 Å². The van der Waals surface area contributed by atoms with E-state index in [0.29, 0.717) is 10.9 Å². The molecular weight excluding hydrogens is 332 g/mol. The van der Waals surface area contributed by atoms with Crippen LogP contribution < -0.4 is 10.1 Å². The summed E-state index contributed by atoms with van der Waals surface area (Å²) < 4.78 is 6.57. The van der Waals surface area contributed by atoms with Crippen molar-refractivity contribution in [2.45, 2.75) is 13.8 Å². The van der Waals surface area contributed by atoms with Crippen molar-refractivity contribution in [3.8, 4) is 5.75 Å². The van der Waals surface area contributed by atoms with E-state index >= 15 is 0 Å². The van der Waals surface area contributed by atoms with Gasteiger partial charge in [-0.3, -0.25) is 10.1 Å². The largest absolute Gasteiger partial charge is 0.484 e. The molecule has 0 saturated carbocycles. The number of aryl methyl sites for hydroxylation is 2. The van der Waals surface area contributed by atoms with Gasteiger partial charge in [0.2, 0.25) is 0 Å². The summed E-state index contributed by atoms with van der Waals surface area (Å²) in [6.45, 7) is 3.74. The minimum atomic E-state index is -0.241. The number of carbonyl (C=O) groups is 1. The summed E-state index contributed by atoms with van der Waals surface area (Å²) in [6, 6.07) is 11.4. The molecule has 2 aromatic carbocycles. The number of nitrogens with one attached hydrogen (secondary N) is 1. The molecule has 6 heteroatoms. The van der Waals surface area contributed by atoms with E-state index in [1.165, 1.54) is 11.3 Å². The Kier molecular flexibility index (Phi) is 4.50. The van der Waals surface area contributed by atoms with Crippen LogP contribution in [0.2, 0.25) is 5.02 Å². The molecule has 0 aliphatic heterocycles. The van der Waals surface area contributed by atoms with Crippen LogP contribution in [0.1, 0.15) is 11.1 Å². The number of hydrogen-bond donors (Lipinski definition) is 1. The Morgan fingerprint density at radius 1 is 1.26 bits per heavy atom. The summed E-state index contributed by atoms with van der Waals surface area (Å²) in [5.41, 5.74) is 2.72. The monoisotopic (exact) mass is 346 g/mol. The number of carbonyl (C=O) groups excluding carboxylic acids is 1. The maximum atomic E-state index is 12.0. The molecule has 0 unspecified atom stereocenters. The number of anilines is 1. The second-order valence-electron chi connectivity index (χ2n) is 5.19. The Morgan fingerprint density at radius 3 is 2.65 bits per heavy atom. The molecule has 1 heterocycles. The number of nitrogens with zero attached hydrogens (tertiary/aromatic N) is 1. The first-order valence-corrected chi connectivity index (χ1v) is 8.27. The number of para-hydroxylation sites is 1. The van der Waals surface area contributed by atoms with E-state index in [9.17, 15) is 4.79 Å². The molecule has 3 aromatic rings. The summed E-state index contributed by atoms with van der Waals surface area (Å²) in [7, 11) is 0. The molecule has 0 radical (unpaired) electrons. The van der Waals surface area contributed by atoms with Crippen LogP contribution in [-0.2, 0) is 4.79 Å². The SMILES string of the molecule is Cc1cc(OCC(=O)Nc2nc3ccccc3s2)cc(C)c1Cl. The summed E-state index contributed by atoms with van der Waals surface area (Å²) in [4.78, 5) is 16.4. The van der Waals surface area contributed by atoms with Gasteiger partial charge in [0.25, 0.3) is 5.91 Å². The number of amides is 1. The number of aromatic nitrogens is 1. The highest BCUT2D eigenvalue weighted by Gasteiger charge is 2.09. The highest BCUT2D eigenvalue weighted by Crippen LogP contribution is 2.27. The number of ether oxygens (including phenoxy) is 1. The third kappa shape index (κ3) is 3.63. The fourth-order valence-corrected chi connectivity index (χ4v) is 3.21. The van der Waals surface area contributed by atoms with Gasteiger partial charge in [0.1, 0.15) is 5.75 Å². The fourth-order valence-electron chi connectivity index (χ4n) is 2.22. The van der Waals surface area contributed by atoms with Crippen molar-refractivity contribution in [3.63, 3.8) is 0 Å². The minimum absolute atomic E-state index is 0.0730. The van der Waals surface area contributed by atoms with Crippen LogP contribution in [0.5, 0.6) is 5.75 Å². The molecule has 0 bridgehead atoms. The predicted molar refractivity (Wildman–Crippen MR) is 94.7 cm³/mol. The smallest absolute Gasteiger partial charge is 0.264 e. The Labute approximate surface area is 143 Å². The van der Waals surface area contributed by atoms with Gasteiger partial charge in [0, 0.05) is 5.02 Å². The van der Waals surface area contributed by atoms with Gasteiger partial charge >= 0.3 is 0 Å². The van der Waals surface area contributed by atoms with E-state index in [1.54, 1.807) is 0 Å². The van der Waals surface area contributed by atoms with Gasteiger partial charge in [-0.15, -0.1) is 0 Å². The molecule has 23 heavy (non-hydrogen) atoms. The molecule has 0 fully saturated rings. The Morgan fingerprint density at radius 2 is 1.96 bits per heavy atom. The van der Waals surface area contributed by atoms with Crippen molar-refractivity contribution in [2.24, 2.45) is 0 Å². The lowest BCUT2D eigenvalue weighted by Crippen LogP contribution is -2.20. The number of hydrogen-bond acceptors (Lipinski definition) is 4. The molecule has 1 amide bonds. The van der Waals surface area contributed by atoms with Gasteiger partial charge in [-0.25, -0.2) is 4.98 Å². The highest BCUT2D eigenvalue weighted by atomic mass is 35.5. The number of benzene rings is 2. The van der Waals surface area contributed by atoms with Gasteiger partial charge in [0.15, 0.2) is 11.7 Å². The first-order chi connectivity index (χ1) is 11.0. The zero-order valence-electron chi connectivity index (χ0n) is 12.7. The normalized spacial score (nSPS) is 10.7. The van der Waals surface area contributed by atoms with E-state index in [4.69, 9.17) is 16.3 Å². The standard InChI is InChI=1S/C17H15ClN2O2S/c1-10-7-12(8-11(2)16(10)18)22-9-15(21)20-17-19-13-5-3-4-6-14(13)23-17/h3-8H,9H2,1-2H3,(H,19,20,21). The van der Waals surface area contributed by atoms with Gasteiger partial charge < -0.3 is 4.74 Å². The van der Waals surface area contributed by atoms with Crippen LogP contribution in [-0.4, -0.2) is 17.5 Å². The van der Waals surface area contributed by atoms with E-state index < -0.39 is 0 Å². The molecule has 4 nitrogen and oxygen atoms in total. The van der Waals surface area contributed by atoms with Crippen molar-refractivity contribution in [1.82, 2.24) is 4.98 Å². The third-order valence-electron chi connectivity index (χ3n) is 3.32. The number of fused-ring (bicyclic) bond motifs is 1. The summed E-state index contributed by atoms with van der Waals surface area (Å²) in [5, 5.41) is 4.05. The number of halogens is 1. The average Bonchev–Trinajstić information content (AvgIpc) is 2.92. The zero-order valence-corrected chi connectivity index (χ0v) is 14.3. The molecule has 0 aliphatic rings. The number of thiazole rings is 1. The van der Waals surface area contributed by atoms with Gasteiger partial charge in [-0.05, 0) is 49.2 Å². The molecule has 0 spiro atoms. The molecule has 3 rings (SSSR count). The minimum Gasteiger partial charge on any atom is -0.484 e. The van der Waals surface area contributed by atoms with Crippen LogP contribution in [0.3, 0.4) is 0 Å². The summed E-state index contributed by atoms with van der Waals surface area (Å²) >= 11 is 7.55. The lowest BCUT2D eigenvalue weighted by Gasteiger charge is -2.09. The van der Waals surface area contributed by atoms with Crippen LogP contribution >= 0.6 is 22.9 Å².